The maximum atomic E-state index is 13.5. The molecule has 0 saturated heterocycles. The highest BCUT2D eigenvalue weighted by Crippen LogP contribution is 2.24. The van der Waals surface area contributed by atoms with Gasteiger partial charge in [-0.3, -0.25) is 9.10 Å². The van der Waals surface area contributed by atoms with Crippen LogP contribution in [0.2, 0.25) is 0 Å². The number of amides is 1. The molecular formula is C18H18F2N2O5S. The maximum Gasteiger partial charge on any atom is 0.337 e. The summed E-state index contributed by atoms with van der Waals surface area (Å²) in [5, 5.41) is 2.51. The molecule has 0 aliphatic rings. The first-order chi connectivity index (χ1) is 13.0. The molecule has 0 aromatic heterocycles. The zero-order chi connectivity index (χ0) is 21.1. The first-order valence-corrected chi connectivity index (χ1v) is 9.83. The third-order valence-electron chi connectivity index (χ3n) is 3.82. The van der Waals surface area contributed by atoms with Crippen LogP contribution in [-0.2, 0) is 19.6 Å². The van der Waals surface area contributed by atoms with Crippen LogP contribution in [0.3, 0.4) is 0 Å². The van der Waals surface area contributed by atoms with Gasteiger partial charge in [0.1, 0.15) is 6.04 Å². The normalized spacial score (nSPS) is 12.2. The van der Waals surface area contributed by atoms with Gasteiger partial charge in [0.2, 0.25) is 15.9 Å². The Morgan fingerprint density at radius 3 is 2.18 bits per heavy atom. The monoisotopic (exact) mass is 412 g/mol. The molecule has 2 aromatic carbocycles. The molecule has 0 bridgehead atoms. The SMILES string of the molecule is COC(=O)c1ccc(NC(=O)C(C)N(c2ccc(F)c(F)c2)S(C)(=O)=O)cc1. The molecule has 10 heteroatoms. The maximum absolute atomic E-state index is 13.5. The summed E-state index contributed by atoms with van der Waals surface area (Å²) in [6.45, 7) is 1.31. The molecular weight excluding hydrogens is 394 g/mol. The summed E-state index contributed by atoms with van der Waals surface area (Å²) in [7, 11) is -2.75. The molecule has 0 aliphatic heterocycles. The van der Waals surface area contributed by atoms with E-state index in [0.29, 0.717) is 16.1 Å². The minimum absolute atomic E-state index is 0.190. The predicted octanol–water partition coefficient (Wildman–Crippen LogP) is 2.54. The van der Waals surface area contributed by atoms with Gasteiger partial charge in [-0.2, -0.15) is 0 Å². The smallest absolute Gasteiger partial charge is 0.337 e. The fourth-order valence-corrected chi connectivity index (χ4v) is 3.65. The first kappa shape index (κ1) is 21.3. The number of esters is 1. The van der Waals surface area contributed by atoms with E-state index in [4.69, 9.17) is 0 Å². The Kier molecular flexibility index (Phi) is 6.34. The number of hydrogen-bond donors (Lipinski definition) is 1. The molecule has 0 fully saturated rings. The topological polar surface area (TPSA) is 92.8 Å². The van der Waals surface area contributed by atoms with E-state index in [1.165, 1.54) is 38.3 Å². The number of ether oxygens (including phenoxy) is 1. The molecule has 0 radical (unpaired) electrons. The fourth-order valence-electron chi connectivity index (χ4n) is 2.49. The molecule has 2 aromatic rings. The van der Waals surface area contributed by atoms with Gasteiger partial charge in [-0.25, -0.2) is 22.0 Å². The van der Waals surface area contributed by atoms with Crippen molar-refractivity contribution < 1.29 is 31.5 Å². The van der Waals surface area contributed by atoms with Gasteiger partial charge >= 0.3 is 5.97 Å². The molecule has 1 N–H and O–H groups in total. The summed E-state index contributed by atoms with van der Waals surface area (Å²) in [6, 6.07) is 7.02. The van der Waals surface area contributed by atoms with E-state index in [2.05, 4.69) is 10.1 Å². The van der Waals surface area contributed by atoms with Crippen LogP contribution < -0.4 is 9.62 Å². The molecule has 0 aliphatic carbocycles. The van der Waals surface area contributed by atoms with Gasteiger partial charge in [-0.15, -0.1) is 0 Å². The molecule has 150 valence electrons. The van der Waals surface area contributed by atoms with Gasteiger partial charge in [0.15, 0.2) is 11.6 Å². The molecule has 1 atom stereocenters. The Morgan fingerprint density at radius 1 is 1.07 bits per heavy atom. The second-order valence-corrected chi connectivity index (χ2v) is 7.75. The number of nitrogens with one attached hydrogen (secondary N) is 1. The van der Waals surface area contributed by atoms with Crippen molar-refractivity contribution in [3.63, 3.8) is 0 Å². The van der Waals surface area contributed by atoms with Crippen molar-refractivity contribution in [3.05, 3.63) is 59.7 Å². The molecule has 28 heavy (non-hydrogen) atoms. The predicted molar refractivity (Wildman–Crippen MR) is 99.6 cm³/mol. The fraction of sp³-hybridized carbons (Fsp3) is 0.222. The van der Waals surface area contributed by atoms with Crippen LogP contribution in [-0.4, -0.2) is 39.7 Å². The van der Waals surface area contributed by atoms with Crippen molar-refractivity contribution in [3.8, 4) is 0 Å². The number of carbonyl (C=O) groups excluding carboxylic acids is 2. The Hall–Kier alpha value is -3.01. The van der Waals surface area contributed by atoms with E-state index < -0.39 is 39.6 Å². The number of sulfonamides is 1. The van der Waals surface area contributed by atoms with Gasteiger partial charge < -0.3 is 10.1 Å². The van der Waals surface area contributed by atoms with Crippen LogP contribution >= 0.6 is 0 Å². The number of benzene rings is 2. The van der Waals surface area contributed by atoms with Crippen LogP contribution in [0.4, 0.5) is 20.2 Å². The Bertz CT molecular complexity index is 994. The highest BCUT2D eigenvalue weighted by atomic mass is 32.2. The van der Waals surface area contributed by atoms with Crippen LogP contribution in [0.15, 0.2) is 42.5 Å². The van der Waals surface area contributed by atoms with Gasteiger partial charge in [0.05, 0.1) is 24.6 Å². The summed E-state index contributed by atoms with van der Waals surface area (Å²) < 4.78 is 56.3. The second kappa shape index (κ2) is 8.34. The summed E-state index contributed by atoms with van der Waals surface area (Å²) in [5.74, 6) is -3.63. The molecule has 1 amide bonds. The lowest BCUT2D eigenvalue weighted by atomic mass is 10.2. The van der Waals surface area contributed by atoms with E-state index >= 15 is 0 Å². The second-order valence-electron chi connectivity index (χ2n) is 5.89. The van der Waals surface area contributed by atoms with Crippen LogP contribution in [0.1, 0.15) is 17.3 Å². The van der Waals surface area contributed by atoms with Crippen molar-refractivity contribution in [1.82, 2.24) is 0 Å². The van der Waals surface area contributed by atoms with E-state index in [1.54, 1.807) is 0 Å². The van der Waals surface area contributed by atoms with Gasteiger partial charge in [0.25, 0.3) is 0 Å². The van der Waals surface area contributed by atoms with E-state index in [-0.39, 0.29) is 11.3 Å². The van der Waals surface area contributed by atoms with Gasteiger partial charge in [-0.05, 0) is 43.3 Å². The molecule has 0 saturated carbocycles. The van der Waals surface area contributed by atoms with E-state index in [1.807, 2.05) is 0 Å². The Balaban J connectivity index is 2.26. The van der Waals surface area contributed by atoms with Gasteiger partial charge in [-0.1, -0.05) is 0 Å². The van der Waals surface area contributed by atoms with E-state index in [9.17, 15) is 26.8 Å². The lowest BCUT2D eigenvalue weighted by Crippen LogP contribution is -2.45. The zero-order valence-corrected chi connectivity index (χ0v) is 16.1. The minimum atomic E-state index is -3.98. The largest absolute Gasteiger partial charge is 0.465 e. The van der Waals surface area contributed by atoms with E-state index in [0.717, 1.165) is 18.4 Å². The summed E-state index contributed by atoms with van der Waals surface area (Å²) in [6.07, 6.45) is 0.850. The average molecular weight is 412 g/mol. The van der Waals surface area contributed by atoms with Crippen LogP contribution in [0.25, 0.3) is 0 Å². The number of carbonyl (C=O) groups is 2. The van der Waals surface area contributed by atoms with Crippen molar-refractivity contribution in [1.29, 1.82) is 0 Å². The van der Waals surface area contributed by atoms with Gasteiger partial charge in [0, 0.05) is 11.8 Å². The number of hydrogen-bond acceptors (Lipinski definition) is 5. The van der Waals surface area contributed by atoms with Crippen molar-refractivity contribution >= 4 is 33.3 Å². The van der Waals surface area contributed by atoms with Crippen molar-refractivity contribution in [2.45, 2.75) is 13.0 Å². The third-order valence-corrected chi connectivity index (χ3v) is 5.06. The molecule has 0 spiro atoms. The third kappa shape index (κ3) is 4.83. The van der Waals surface area contributed by atoms with Crippen LogP contribution in [0, 0.1) is 11.6 Å². The number of halogens is 2. The average Bonchev–Trinajstić information content (AvgIpc) is 2.63. The molecule has 0 heterocycles. The summed E-state index contributed by atoms with van der Waals surface area (Å²) in [5.41, 5.74) is 0.390. The minimum Gasteiger partial charge on any atom is -0.465 e. The number of methoxy groups -OCH3 is 1. The summed E-state index contributed by atoms with van der Waals surface area (Å²) >= 11 is 0. The lowest BCUT2D eigenvalue weighted by molar-refractivity contribution is -0.116. The molecule has 2 rings (SSSR count). The van der Waals surface area contributed by atoms with Crippen molar-refractivity contribution in [2.24, 2.45) is 0 Å². The highest BCUT2D eigenvalue weighted by molar-refractivity contribution is 7.92. The number of anilines is 2. The van der Waals surface area contributed by atoms with Crippen LogP contribution in [0.5, 0.6) is 0 Å². The zero-order valence-electron chi connectivity index (χ0n) is 15.3. The Labute approximate surface area is 161 Å². The number of nitrogens with zero attached hydrogens (tertiary/aromatic N) is 1. The quantitative estimate of drug-likeness (QED) is 0.736. The summed E-state index contributed by atoms with van der Waals surface area (Å²) in [4.78, 5) is 23.9. The first-order valence-electron chi connectivity index (χ1n) is 7.98. The van der Waals surface area contributed by atoms with Crippen molar-refractivity contribution in [2.75, 3.05) is 23.0 Å². The highest BCUT2D eigenvalue weighted by Gasteiger charge is 2.29. The standard InChI is InChI=1S/C18H18F2N2O5S/c1-11(17(23)21-13-6-4-12(5-7-13)18(24)27-2)22(28(3,25)26)14-8-9-15(19)16(20)10-14/h4-11H,1-3H3,(H,21,23). The number of rotatable bonds is 6. The Morgan fingerprint density at radius 2 is 1.68 bits per heavy atom. The lowest BCUT2D eigenvalue weighted by Gasteiger charge is -2.28. The molecule has 1 unspecified atom stereocenters. The molecule has 7 nitrogen and oxygen atoms in total.